The van der Waals surface area contributed by atoms with E-state index in [1.807, 2.05) is 0 Å². The van der Waals surface area contributed by atoms with E-state index in [1.165, 1.54) is 12.8 Å². The number of halogens is 1. The standard InChI is InChI=1S/C10H14.HI/c1-2-9-7-4-5-8(6-7)10(9)3-1;/h1-2,7-10H,3-6H2;1H. The van der Waals surface area contributed by atoms with Gasteiger partial charge in [-0.1, -0.05) is 12.2 Å². The molecule has 0 nitrogen and oxygen atoms in total. The van der Waals surface area contributed by atoms with E-state index in [0.29, 0.717) is 0 Å². The Balaban J connectivity index is 0.000000480. The van der Waals surface area contributed by atoms with Gasteiger partial charge in [0.05, 0.1) is 0 Å². The highest BCUT2D eigenvalue weighted by molar-refractivity contribution is 14.0. The van der Waals surface area contributed by atoms with Crippen molar-refractivity contribution in [3.8, 4) is 0 Å². The Hall–Kier alpha value is 0.470. The summed E-state index contributed by atoms with van der Waals surface area (Å²) in [6.07, 6.45) is 11.0. The maximum absolute atomic E-state index is 2.49. The molecule has 0 radical (unpaired) electrons. The molecule has 0 heterocycles. The second-order valence-corrected chi connectivity index (χ2v) is 4.24. The molecule has 3 aliphatic carbocycles. The van der Waals surface area contributed by atoms with Gasteiger partial charge in [0.2, 0.25) is 0 Å². The van der Waals surface area contributed by atoms with Crippen LogP contribution in [0.15, 0.2) is 12.2 Å². The molecule has 62 valence electrons. The fourth-order valence-corrected chi connectivity index (χ4v) is 3.50. The molecule has 4 atom stereocenters. The van der Waals surface area contributed by atoms with Gasteiger partial charge >= 0.3 is 0 Å². The zero-order valence-electron chi connectivity index (χ0n) is 6.70. The van der Waals surface area contributed by atoms with Gasteiger partial charge in [0, 0.05) is 0 Å². The molecule has 0 aromatic rings. The molecular weight excluding hydrogens is 247 g/mol. The van der Waals surface area contributed by atoms with Crippen LogP contribution in [-0.4, -0.2) is 0 Å². The molecule has 0 aliphatic heterocycles. The van der Waals surface area contributed by atoms with Gasteiger partial charge in [0.25, 0.3) is 0 Å². The predicted molar refractivity (Wildman–Crippen MR) is 57.0 cm³/mol. The lowest BCUT2D eigenvalue weighted by atomic mass is 9.82. The van der Waals surface area contributed by atoms with E-state index in [1.54, 1.807) is 12.8 Å². The second-order valence-electron chi connectivity index (χ2n) is 4.24. The van der Waals surface area contributed by atoms with Crippen LogP contribution in [0, 0.1) is 23.7 Å². The molecule has 4 unspecified atom stereocenters. The van der Waals surface area contributed by atoms with Crippen LogP contribution in [0.25, 0.3) is 0 Å². The molecule has 0 aromatic carbocycles. The molecule has 2 fully saturated rings. The van der Waals surface area contributed by atoms with Crippen LogP contribution in [0.4, 0.5) is 0 Å². The van der Waals surface area contributed by atoms with Crippen LogP contribution >= 0.6 is 24.0 Å². The van der Waals surface area contributed by atoms with Crippen molar-refractivity contribution in [1.29, 1.82) is 0 Å². The zero-order chi connectivity index (χ0) is 6.55. The van der Waals surface area contributed by atoms with E-state index >= 15 is 0 Å². The molecule has 0 N–H and O–H groups in total. The van der Waals surface area contributed by atoms with Gasteiger partial charge in [0.15, 0.2) is 0 Å². The molecular formula is C10H15I. The van der Waals surface area contributed by atoms with Gasteiger partial charge in [-0.15, -0.1) is 24.0 Å². The van der Waals surface area contributed by atoms with E-state index in [0.717, 1.165) is 23.7 Å². The lowest BCUT2D eigenvalue weighted by Gasteiger charge is -2.23. The minimum Gasteiger partial charge on any atom is -0.107 e. The Labute approximate surface area is 85.5 Å². The van der Waals surface area contributed by atoms with Crippen molar-refractivity contribution < 1.29 is 0 Å². The minimum absolute atomic E-state index is 0. The molecule has 11 heavy (non-hydrogen) atoms. The average Bonchev–Trinajstić information content (AvgIpc) is 2.60. The number of hydrogen-bond acceptors (Lipinski definition) is 0. The van der Waals surface area contributed by atoms with Gasteiger partial charge in [-0.3, -0.25) is 0 Å². The van der Waals surface area contributed by atoms with Crippen LogP contribution in [0.2, 0.25) is 0 Å². The largest absolute Gasteiger partial charge is 0.107 e. The fraction of sp³-hybridized carbons (Fsp3) is 0.800. The lowest BCUT2D eigenvalue weighted by Crippen LogP contribution is -2.16. The maximum Gasteiger partial charge on any atom is -0.0171 e. The highest BCUT2D eigenvalue weighted by Crippen LogP contribution is 2.56. The summed E-state index contributed by atoms with van der Waals surface area (Å²) in [5, 5.41) is 0. The summed E-state index contributed by atoms with van der Waals surface area (Å²) in [6, 6.07) is 0. The molecule has 3 aliphatic rings. The topological polar surface area (TPSA) is 0 Å². The first-order chi connectivity index (χ1) is 4.95. The van der Waals surface area contributed by atoms with E-state index in [4.69, 9.17) is 0 Å². The number of rotatable bonds is 0. The summed E-state index contributed by atoms with van der Waals surface area (Å²) in [7, 11) is 0. The van der Waals surface area contributed by atoms with Crippen molar-refractivity contribution in [2.45, 2.75) is 25.7 Å². The highest BCUT2D eigenvalue weighted by atomic mass is 127. The zero-order valence-corrected chi connectivity index (χ0v) is 9.03. The molecule has 0 saturated heterocycles. The van der Waals surface area contributed by atoms with Crippen molar-refractivity contribution in [2.24, 2.45) is 23.7 Å². The van der Waals surface area contributed by atoms with Gasteiger partial charge in [0.1, 0.15) is 0 Å². The Morgan fingerprint density at radius 1 is 1.09 bits per heavy atom. The van der Waals surface area contributed by atoms with E-state index in [-0.39, 0.29) is 24.0 Å². The first-order valence-electron chi connectivity index (χ1n) is 4.62. The molecule has 2 saturated carbocycles. The molecule has 2 bridgehead atoms. The number of allylic oxidation sites excluding steroid dienone is 2. The molecule has 0 aromatic heterocycles. The highest BCUT2D eigenvalue weighted by Gasteiger charge is 2.47. The van der Waals surface area contributed by atoms with E-state index in [2.05, 4.69) is 12.2 Å². The van der Waals surface area contributed by atoms with Crippen LogP contribution < -0.4 is 0 Å². The van der Waals surface area contributed by atoms with Gasteiger partial charge in [-0.05, 0) is 49.4 Å². The second kappa shape index (κ2) is 2.75. The summed E-state index contributed by atoms with van der Waals surface area (Å²) in [6.45, 7) is 0. The maximum atomic E-state index is 2.49. The van der Waals surface area contributed by atoms with Gasteiger partial charge in [-0.25, -0.2) is 0 Å². The molecule has 0 spiro atoms. The predicted octanol–water partition coefficient (Wildman–Crippen LogP) is 3.23. The number of hydrogen-bond donors (Lipinski definition) is 0. The van der Waals surface area contributed by atoms with Crippen molar-refractivity contribution in [3.05, 3.63) is 12.2 Å². The van der Waals surface area contributed by atoms with Crippen molar-refractivity contribution in [3.63, 3.8) is 0 Å². The van der Waals surface area contributed by atoms with E-state index in [9.17, 15) is 0 Å². The fourth-order valence-electron chi connectivity index (χ4n) is 3.50. The quantitative estimate of drug-likeness (QED) is 0.464. The first kappa shape index (κ1) is 8.09. The number of fused-ring (bicyclic) bond motifs is 5. The third kappa shape index (κ3) is 0.995. The van der Waals surface area contributed by atoms with Crippen molar-refractivity contribution in [2.75, 3.05) is 0 Å². The monoisotopic (exact) mass is 262 g/mol. The third-order valence-corrected chi connectivity index (χ3v) is 3.92. The van der Waals surface area contributed by atoms with Crippen LogP contribution in [-0.2, 0) is 0 Å². The van der Waals surface area contributed by atoms with Crippen LogP contribution in [0.1, 0.15) is 25.7 Å². The summed E-state index contributed by atoms with van der Waals surface area (Å²) < 4.78 is 0. The summed E-state index contributed by atoms with van der Waals surface area (Å²) in [5.74, 6) is 4.36. The van der Waals surface area contributed by atoms with Crippen LogP contribution in [0.3, 0.4) is 0 Å². The van der Waals surface area contributed by atoms with Crippen molar-refractivity contribution >= 4 is 24.0 Å². The first-order valence-corrected chi connectivity index (χ1v) is 4.62. The van der Waals surface area contributed by atoms with Crippen molar-refractivity contribution in [1.82, 2.24) is 0 Å². The normalized spacial score (nSPS) is 50.9. The summed E-state index contributed by atoms with van der Waals surface area (Å²) >= 11 is 0. The smallest absolute Gasteiger partial charge is 0.0171 e. The summed E-state index contributed by atoms with van der Waals surface area (Å²) in [5.41, 5.74) is 0. The van der Waals surface area contributed by atoms with E-state index < -0.39 is 0 Å². The molecule has 1 heteroatoms. The Morgan fingerprint density at radius 3 is 2.73 bits per heavy atom. The Bertz CT molecular complexity index is 185. The van der Waals surface area contributed by atoms with Gasteiger partial charge < -0.3 is 0 Å². The Kier molecular flexibility index (Phi) is 2.02. The SMILES string of the molecule is C1=CC2C3CCC(C3)C2C1.I. The molecule has 0 amide bonds. The molecule has 3 rings (SSSR count). The van der Waals surface area contributed by atoms with Gasteiger partial charge in [-0.2, -0.15) is 0 Å². The average molecular weight is 262 g/mol. The summed E-state index contributed by atoms with van der Waals surface area (Å²) in [4.78, 5) is 0. The van der Waals surface area contributed by atoms with Crippen LogP contribution in [0.5, 0.6) is 0 Å². The third-order valence-electron chi connectivity index (χ3n) is 3.92. The minimum atomic E-state index is 0. The lowest BCUT2D eigenvalue weighted by molar-refractivity contribution is 0.285. The Morgan fingerprint density at radius 2 is 1.91 bits per heavy atom.